The van der Waals surface area contributed by atoms with E-state index in [1.807, 2.05) is 0 Å². The number of hydrogen-bond donors (Lipinski definition) is 2. The third-order valence-corrected chi connectivity index (χ3v) is 3.78. The maximum atomic E-state index is 12.4. The van der Waals surface area contributed by atoms with E-state index in [2.05, 4.69) is 34.4 Å². The van der Waals surface area contributed by atoms with Gasteiger partial charge in [0.1, 0.15) is 11.2 Å². The fourth-order valence-electron chi connectivity index (χ4n) is 2.59. The molecule has 3 rings (SSSR count). The Morgan fingerprint density at radius 3 is 2.90 bits per heavy atom. The first-order valence-electron chi connectivity index (χ1n) is 6.74. The molecule has 0 bridgehead atoms. The minimum Gasteiger partial charge on any atom is -0.378 e. The van der Waals surface area contributed by atoms with Gasteiger partial charge in [-0.25, -0.2) is 4.98 Å². The Balaban J connectivity index is 2.01. The van der Waals surface area contributed by atoms with Crippen molar-refractivity contribution in [3.8, 4) is 0 Å². The highest BCUT2D eigenvalue weighted by Crippen LogP contribution is 2.36. The van der Waals surface area contributed by atoms with E-state index in [4.69, 9.17) is 16.3 Å². The Bertz CT molecular complexity index is 556. The summed E-state index contributed by atoms with van der Waals surface area (Å²) in [5.41, 5.74) is 0.690. The van der Waals surface area contributed by atoms with Crippen LogP contribution in [0.3, 0.4) is 0 Å². The van der Waals surface area contributed by atoms with Crippen LogP contribution in [0.1, 0.15) is 26.0 Å². The van der Waals surface area contributed by atoms with Crippen LogP contribution in [0.2, 0.25) is 5.28 Å². The molecule has 1 saturated heterocycles. The summed E-state index contributed by atoms with van der Waals surface area (Å²) >= 11 is 5.99. The maximum Gasteiger partial charge on any atom is 0.252 e. The third-order valence-electron chi connectivity index (χ3n) is 3.61. The molecule has 2 aliphatic rings. The average Bonchev–Trinajstić information content (AvgIpc) is 2.80. The fourth-order valence-corrected chi connectivity index (χ4v) is 2.78. The zero-order valence-corrected chi connectivity index (χ0v) is 12.3. The lowest BCUT2D eigenvalue weighted by Crippen LogP contribution is -2.53. The first-order valence-corrected chi connectivity index (χ1v) is 7.12. The first-order chi connectivity index (χ1) is 9.50. The molecule has 1 unspecified atom stereocenters. The van der Waals surface area contributed by atoms with Crippen molar-refractivity contribution in [2.45, 2.75) is 32.2 Å². The predicted octanol–water partition coefficient (Wildman–Crippen LogP) is 1.85. The van der Waals surface area contributed by atoms with E-state index in [0.29, 0.717) is 37.1 Å². The van der Waals surface area contributed by atoms with Gasteiger partial charge in [0.25, 0.3) is 5.91 Å². The minimum absolute atomic E-state index is 0.0848. The molecular formula is C13H17ClN4O2. The van der Waals surface area contributed by atoms with Crippen molar-refractivity contribution in [3.05, 3.63) is 11.0 Å². The summed E-state index contributed by atoms with van der Waals surface area (Å²) in [4.78, 5) is 20.8. The quantitative estimate of drug-likeness (QED) is 0.815. The van der Waals surface area contributed by atoms with Crippen LogP contribution in [0.5, 0.6) is 0 Å². The summed E-state index contributed by atoms with van der Waals surface area (Å²) in [5, 5.41) is 6.32. The van der Waals surface area contributed by atoms with E-state index in [9.17, 15) is 4.79 Å². The molecule has 1 amide bonds. The van der Waals surface area contributed by atoms with Gasteiger partial charge in [0, 0.05) is 13.0 Å². The van der Waals surface area contributed by atoms with Crippen LogP contribution in [-0.2, 0) is 16.0 Å². The molecule has 3 heterocycles. The molecule has 20 heavy (non-hydrogen) atoms. The fraction of sp³-hybridized carbons (Fsp3) is 0.615. The summed E-state index contributed by atoms with van der Waals surface area (Å²) in [6.45, 7) is 5.09. The molecule has 2 aliphatic heterocycles. The van der Waals surface area contributed by atoms with Crippen LogP contribution >= 0.6 is 11.6 Å². The highest BCUT2D eigenvalue weighted by Gasteiger charge is 2.46. The number of ether oxygens (including phenoxy) is 1. The first kappa shape index (κ1) is 13.6. The number of aromatic nitrogens is 2. The summed E-state index contributed by atoms with van der Waals surface area (Å²) in [5.74, 6) is 0.914. The van der Waals surface area contributed by atoms with Gasteiger partial charge in [-0.3, -0.25) is 4.79 Å². The number of nitrogens with zero attached hydrogens (tertiary/aromatic N) is 2. The number of carbonyl (C=O) groups is 1. The molecule has 1 aromatic rings. The smallest absolute Gasteiger partial charge is 0.252 e. The molecule has 108 valence electrons. The summed E-state index contributed by atoms with van der Waals surface area (Å²) < 4.78 is 5.35. The van der Waals surface area contributed by atoms with Crippen molar-refractivity contribution >= 4 is 29.0 Å². The van der Waals surface area contributed by atoms with E-state index in [1.54, 1.807) is 0 Å². The van der Waals surface area contributed by atoms with Crippen LogP contribution in [0.4, 0.5) is 11.5 Å². The Labute approximate surface area is 122 Å². The highest BCUT2D eigenvalue weighted by atomic mass is 35.5. The number of hydrogen-bond acceptors (Lipinski definition) is 5. The molecule has 0 radical (unpaired) electrons. The number of anilines is 2. The van der Waals surface area contributed by atoms with Gasteiger partial charge in [-0.2, -0.15) is 4.98 Å². The number of fused-ring (bicyclic) bond motifs is 1. The summed E-state index contributed by atoms with van der Waals surface area (Å²) in [7, 11) is 0. The van der Waals surface area contributed by atoms with E-state index in [-0.39, 0.29) is 11.2 Å². The normalized spacial score (nSPS) is 24.7. The number of halogens is 1. The number of amides is 1. The molecular weight excluding hydrogens is 280 g/mol. The van der Waals surface area contributed by atoms with Crippen molar-refractivity contribution in [1.82, 2.24) is 9.97 Å². The molecule has 1 fully saturated rings. The van der Waals surface area contributed by atoms with E-state index < -0.39 is 5.54 Å². The lowest BCUT2D eigenvalue weighted by Gasteiger charge is -2.34. The predicted molar refractivity (Wildman–Crippen MR) is 76.0 cm³/mol. The average molecular weight is 297 g/mol. The molecule has 7 heteroatoms. The standard InChI is InChI=1S/C13H17ClN4O2/c1-7(2)5-8-9-10(17-12(14)15-8)18-13(11(19)16-9)3-4-20-6-13/h7H,3-6H2,1-2H3,(H,16,19)(H,15,17,18). The van der Waals surface area contributed by atoms with Crippen LogP contribution in [0, 0.1) is 5.92 Å². The van der Waals surface area contributed by atoms with E-state index in [0.717, 1.165) is 12.1 Å². The van der Waals surface area contributed by atoms with Crippen molar-refractivity contribution in [2.75, 3.05) is 23.8 Å². The van der Waals surface area contributed by atoms with Crippen LogP contribution in [-0.4, -0.2) is 34.6 Å². The molecule has 6 nitrogen and oxygen atoms in total. The zero-order chi connectivity index (χ0) is 14.3. The van der Waals surface area contributed by atoms with Gasteiger partial charge in [-0.05, 0) is 23.9 Å². The second kappa shape index (κ2) is 4.86. The lowest BCUT2D eigenvalue weighted by molar-refractivity contribution is -0.120. The number of nitrogens with one attached hydrogen (secondary N) is 2. The van der Waals surface area contributed by atoms with Gasteiger partial charge in [0.05, 0.1) is 12.3 Å². The molecule has 1 atom stereocenters. The Kier molecular flexibility index (Phi) is 3.30. The van der Waals surface area contributed by atoms with Crippen molar-refractivity contribution in [1.29, 1.82) is 0 Å². The SMILES string of the molecule is CC(C)Cc1nc(Cl)nc2c1NC(=O)C1(CCOC1)N2. The van der Waals surface area contributed by atoms with Crippen LogP contribution in [0.15, 0.2) is 0 Å². The molecule has 2 N–H and O–H groups in total. The number of rotatable bonds is 2. The van der Waals surface area contributed by atoms with Gasteiger partial charge in [0.2, 0.25) is 5.28 Å². The third kappa shape index (κ3) is 2.23. The Hall–Kier alpha value is -1.40. The summed E-state index contributed by atoms with van der Waals surface area (Å²) in [6, 6.07) is 0. The molecule has 0 saturated carbocycles. The van der Waals surface area contributed by atoms with E-state index >= 15 is 0 Å². The van der Waals surface area contributed by atoms with Crippen LogP contribution < -0.4 is 10.6 Å². The Morgan fingerprint density at radius 1 is 1.45 bits per heavy atom. The van der Waals surface area contributed by atoms with Gasteiger partial charge in [-0.15, -0.1) is 0 Å². The van der Waals surface area contributed by atoms with Crippen molar-refractivity contribution in [2.24, 2.45) is 5.92 Å². The molecule has 1 aromatic heterocycles. The largest absolute Gasteiger partial charge is 0.378 e. The van der Waals surface area contributed by atoms with Gasteiger partial charge in [0.15, 0.2) is 5.82 Å². The second-order valence-electron chi connectivity index (χ2n) is 5.72. The number of carbonyl (C=O) groups excluding carboxylic acids is 1. The van der Waals surface area contributed by atoms with E-state index in [1.165, 1.54) is 0 Å². The summed E-state index contributed by atoms with van der Waals surface area (Å²) in [6.07, 6.45) is 1.36. The second-order valence-corrected chi connectivity index (χ2v) is 6.06. The van der Waals surface area contributed by atoms with Crippen molar-refractivity contribution in [3.63, 3.8) is 0 Å². The van der Waals surface area contributed by atoms with Gasteiger partial charge < -0.3 is 15.4 Å². The molecule has 0 aromatic carbocycles. The van der Waals surface area contributed by atoms with Crippen LogP contribution in [0.25, 0.3) is 0 Å². The molecule has 0 aliphatic carbocycles. The Morgan fingerprint density at radius 2 is 2.25 bits per heavy atom. The highest BCUT2D eigenvalue weighted by molar-refractivity contribution is 6.28. The molecule has 1 spiro atoms. The monoisotopic (exact) mass is 296 g/mol. The van der Waals surface area contributed by atoms with Gasteiger partial charge in [-0.1, -0.05) is 13.8 Å². The zero-order valence-electron chi connectivity index (χ0n) is 11.5. The maximum absolute atomic E-state index is 12.4. The topological polar surface area (TPSA) is 76.1 Å². The van der Waals surface area contributed by atoms with Gasteiger partial charge >= 0.3 is 0 Å². The lowest BCUT2D eigenvalue weighted by atomic mass is 9.94. The minimum atomic E-state index is -0.722. The van der Waals surface area contributed by atoms with Crippen molar-refractivity contribution < 1.29 is 9.53 Å².